The number of rotatable bonds is 8. The second kappa shape index (κ2) is 14.3. The van der Waals surface area contributed by atoms with Gasteiger partial charge in [0.25, 0.3) is 0 Å². The average molecular weight is 640 g/mol. The van der Waals surface area contributed by atoms with Gasteiger partial charge in [-0.25, -0.2) is 8.51 Å². The Kier molecular flexibility index (Phi) is 11.6. The smallest absolute Gasteiger partial charge is 0.126 e. The fraction of sp³-hybridized carbons (Fsp3) is 0.692. The zero-order valence-corrected chi connectivity index (χ0v) is 31.6. The topological polar surface area (TPSA) is 29.5 Å². The molecule has 4 rings (SSSR count). The zero-order chi connectivity index (χ0) is 32.4. The lowest BCUT2D eigenvalue weighted by Crippen LogP contribution is -2.40. The highest BCUT2D eigenvalue weighted by molar-refractivity contribution is 7.84. The minimum absolute atomic E-state index is 0.107. The van der Waals surface area contributed by atoms with Crippen molar-refractivity contribution in [1.82, 2.24) is 4.31 Å². The van der Waals surface area contributed by atoms with Crippen LogP contribution in [0.5, 0.6) is 5.75 Å². The first-order valence-corrected chi connectivity index (χ1v) is 19.9. The first-order chi connectivity index (χ1) is 20.6. The van der Waals surface area contributed by atoms with Crippen molar-refractivity contribution in [1.29, 1.82) is 0 Å². The molecule has 0 aromatic heterocycles. The van der Waals surface area contributed by atoms with Crippen molar-refractivity contribution in [3.8, 4) is 5.75 Å². The van der Waals surface area contributed by atoms with Gasteiger partial charge in [0.05, 0.1) is 17.9 Å². The van der Waals surface area contributed by atoms with E-state index in [1.54, 1.807) is 5.30 Å². The summed E-state index contributed by atoms with van der Waals surface area (Å²) in [7, 11) is 2.39. The molecule has 0 N–H and O–H groups in total. The van der Waals surface area contributed by atoms with Crippen LogP contribution in [0.2, 0.25) is 0 Å². The molecule has 2 aliphatic carbocycles. The molecular weight excluding hydrogens is 577 g/mol. The fourth-order valence-electron chi connectivity index (χ4n) is 7.62. The van der Waals surface area contributed by atoms with Gasteiger partial charge in [-0.3, -0.25) is 0 Å². The minimum Gasteiger partial charge on any atom is -0.496 e. The van der Waals surface area contributed by atoms with Gasteiger partial charge >= 0.3 is 0 Å². The van der Waals surface area contributed by atoms with E-state index in [4.69, 9.17) is 4.74 Å². The summed E-state index contributed by atoms with van der Waals surface area (Å²) in [6.45, 7) is 20.0. The van der Waals surface area contributed by atoms with Crippen LogP contribution in [0.15, 0.2) is 36.4 Å². The van der Waals surface area contributed by atoms with E-state index in [2.05, 4.69) is 110 Å². The zero-order valence-electron chi connectivity index (χ0n) is 29.9. The van der Waals surface area contributed by atoms with Crippen LogP contribution < -0.4 is 10.0 Å². The van der Waals surface area contributed by atoms with Gasteiger partial charge in [-0.2, -0.15) is 0 Å². The summed E-state index contributed by atoms with van der Waals surface area (Å²) in [5, 5.41) is 1.58. The monoisotopic (exact) mass is 639 g/mol. The molecule has 0 aliphatic heterocycles. The van der Waals surface area contributed by atoms with Gasteiger partial charge in [0.2, 0.25) is 0 Å². The van der Waals surface area contributed by atoms with Gasteiger partial charge in [-0.1, -0.05) is 112 Å². The van der Waals surface area contributed by atoms with Crippen molar-refractivity contribution in [2.45, 2.75) is 159 Å². The molecule has 5 heteroatoms. The summed E-state index contributed by atoms with van der Waals surface area (Å²) in [6, 6.07) is 14.0. The van der Waals surface area contributed by atoms with E-state index >= 15 is 0 Å². The highest BCUT2D eigenvalue weighted by Crippen LogP contribution is 2.56. The molecule has 0 radical (unpaired) electrons. The number of ether oxygens (including phenoxy) is 1. The Labute approximate surface area is 274 Å². The molecule has 2 atom stereocenters. The molecular formula is C39H62NO2PS. The van der Waals surface area contributed by atoms with Crippen molar-refractivity contribution in [3.05, 3.63) is 58.7 Å². The van der Waals surface area contributed by atoms with Gasteiger partial charge in [-0.05, 0) is 97.2 Å². The molecule has 1 unspecified atom stereocenters. The van der Waals surface area contributed by atoms with Crippen LogP contribution in [0.1, 0.15) is 155 Å². The normalized spacial score (nSPS) is 19.4. The average Bonchev–Trinajstić information content (AvgIpc) is 2.97. The number of hydrogen-bond acceptors (Lipinski definition) is 2. The largest absolute Gasteiger partial charge is 0.496 e. The predicted octanol–water partition coefficient (Wildman–Crippen LogP) is 10.5. The summed E-state index contributed by atoms with van der Waals surface area (Å²) in [5.74, 6) is 0.993. The highest BCUT2D eigenvalue weighted by atomic mass is 32.2. The van der Waals surface area contributed by atoms with Gasteiger partial charge in [0.15, 0.2) is 0 Å². The first kappa shape index (κ1) is 35.6. The molecule has 2 aliphatic rings. The van der Waals surface area contributed by atoms with Crippen molar-refractivity contribution in [2.24, 2.45) is 0 Å². The van der Waals surface area contributed by atoms with E-state index in [1.165, 1.54) is 86.5 Å². The molecule has 0 heterocycles. The highest BCUT2D eigenvalue weighted by Gasteiger charge is 2.39. The molecule has 2 aromatic rings. The summed E-state index contributed by atoms with van der Waals surface area (Å²) in [5.41, 5.74) is 6.44. The van der Waals surface area contributed by atoms with E-state index in [0.29, 0.717) is 0 Å². The molecule has 0 amide bonds. The molecule has 2 aromatic carbocycles. The summed E-state index contributed by atoms with van der Waals surface area (Å²) in [4.78, 5) is 0. The Morgan fingerprint density at radius 3 is 1.64 bits per heavy atom. The first-order valence-electron chi connectivity index (χ1n) is 17.3. The number of methoxy groups -OCH3 is 1. The van der Waals surface area contributed by atoms with Crippen LogP contribution in [0.3, 0.4) is 0 Å². The fourth-order valence-corrected chi connectivity index (χ4v) is 12.9. The maximum atomic E-state index is 14.3. The maximum Gasteiger partial charge on any atom is 0.126 e. The Morgan fingerprint density at radius 2 is 1.23 bits per heavy atom. The van der Waals surface area contributed by atoms with E-state index in [9.17, 15) is 4.21 Å². The Morgan fingerprint density at radius 1 is 0.773 bits per heavy atom. The van der Waals surface area contributed by atoms with E-state index in [0.717, 1.165) is 17.1 Å². The summed E-state index contributed by atoms with van der Waals surface area (Å²) in [6.07, 6.45) is 13.8. The molecule has 2 saturated carbocycles. The van der Waals surface area contributed by atoms with Crippen LogP contribution in [0, 0.1) is 0 Å². The van der Waals surface area contributed by atoms with Crippen molar-refractivity contribution in [2.75, 3.05) is 14.2 Å². The van der Waals surface area contributed by atoms with Crippen LogP contribution in [-0.2, 0) is 21.8 Å². The van der Waals surface area contributed by atoms with E-state index in [1.807, 2.05) is 7.11 Å². The van der Waals surface area contributed by atoms with Gasteiger partial charge in [0.1, 0.15) is 16.7 Å². The maximum absolute atomic E-state index is 14.3. The molecule has 2 fully saturated rings. The number of hydrogen-bond donors (Lipinski definition) is 0. The van der Waals surface area contributed by atoms with Crippen molar-refractivity contribution < 1.29 is 8.95 Å². The van der Waals surface area contributed by atoms with Crippen LogP contribution in [0.4, 0.5) is 0 Å². The van der Waals surface area contributed by atoms with Crippen LogP contribution in [0.25, 0.3) is 0 Å². The number of nitrogens with zero attached hydrogens (tertiary/aromatic N) is 1. The van der Waals surface area contributed by atoms with Crippen molar-refractivity contribution in [3.63, 3.8) is 0 Å². The van der Waals surface area contributed by atoms with Gasteiger partial charge in [-0.15, -0.1) is 0 Å². The third-order valence-corrected chi connectivity index (χ3v) is 15.2. The molecule has 246 valence electrons. The Balaban J connectivity index is 2.02. The van der Waals surface area contributed by atoms with E-state index in [-0.39, 0.29) is 29.5 Å². The lowest BCUT2D eigenvalue weighted by Gasteiger charge is -2.42. The third-order valence-electron chi connectivity index (χ3n) is 9.84. The molecule has 0 saturated heterocycles. The second-order valence-corrected chi connectivity index (χ2v) is 21.6. The van der Waals surface area contributed by atoms with Crippen LogP contribution >= 0.6 is 7.92 Å². The van der Waals surface area contributed by atoms with Crippen molar-refractivity contribution >= 4 is 24.2 Å². The Hall–Kier alpha value is -1.22. The minimum atomic E-state index is -1.20. The SMILES string of the molecule is COc1c(C(C)(C)C)cc([C@@H](c2ccccc2P(C2CCCCC2)C2CCCCC2)N(C)S(=O)C(C)(C)C)cc1C(C)(C)C. The lowest BCUT2D eigenvalue weighted by atomic mass is 9.77. The molecule has 3 nitrogen and oxygen atoms in total. The van der Waals surface area contributed by atoms with Gasteiger partial charge in [0, 0.05) is 18.2 Å². The van der Waals surface area contributed by atoms with Gasteiger partial charge < -0.3 is 4.74 Å². The lowest BCUT2D eigenvalue weighted by molar-refractivity contribution is 0.379. The molecule has 0 spiro atoms. The second-order valence-electron chi connectivity index (χ2n) is 16.5. The van der Waals surface area contributed by atoms with Crippen LogP contribution in [-0.4, -0.2) is 38.7 Å². The van der Waals surface area contributed by atoms with E-state index < -0.39 is 11.0 Å². The Bertz CT molecular complexity index is 1220. The number of benzene rings is 2. The molecule has 0 bridgehead atoms. The predicted molar refractivity (Wildman–Crippen MR) is 195 cm³/mol. The molecule has 44 heavy (non-hydrogen) atoms. The standard InChI is InChI=1S/C39H62NO2PS/c1-37(2,3)32-26-28(27-33(36(32)42-11)38(4,5)6)35(40(10)44(41)39(7,8)9)31-24-18-19-25-34(31)43(29-20-14-12-15-21-29)30-22-16-13-17-23-30/h18-19,24-27,29-30,35H,12-17,20-23H2,1-11H3/t35-,44?/m0/s1. The summed E-state index contributed by atoms with van der Waals surface area (Å²) < 4.78 is 22.3. The third kappa shape index (κ3) is 8.01. The summed E-state index contributed by atoms with van der Waals surface area (Å²) >= 11 is 0. The quantitative estimate of drug-likeness (QED) is 0.269.